The van der Waals surface area contributed by atoms with E-state index in [1.54, 1.807) is 0 Å². The number of rotatable bonds is 5. The van der Waals surface area contributed by atoms with Crippen molar-refractivity contribution in [1.82, 2.24) is 0 Å². The van der Waals surface area contributed by atoms with Crippen LogP contribution in [0, 0.1) is 0 Å². The van der Waals surface area contributed by atoms with Crippen LogP contribution in [-0.2, 0) is 6.54 Å². The van der Waals surface area contributed by atoms with E-state index < -0.39 is 0 Å². The van der Waals surface area contributed by atoms with Gasteiger partial charge in [0.15, 0.2) is 0 Å². The van der Waals surface area contributed by atoms with Crippen LogP contribution >= 0.6 is 11.6 Å². The molecule has 2 aromatic rings. The van der Waals surface area contributed by atoms with Crippen LogP contribution in [0.25, 0.3) is 0 Å². The molecule has 2 aromatic carbocycles. The smallest absolute Gasteiger partial charge is 0.0455 e. The molecule has 0 spiro atoms. The van der Waals surface area contributed by atoms with Gasteiger partial charge in [0.1, 0.15) is 0 Å². The van der Waals surface area contributed by atoms with E-state index in [1.807, 2.05) is 18.2 Å². The summed E-state index contributed by atoms with van der Waals surface area (Å²) in [4.78, 5) is 2.18. The Labute approximate surface area is 126 Å². The zero-order valence-corrected chi connectivity index (χ0v) is 12.8. The van der Waals surface area contributed by atoms with Gasteiger partial charge in [-0.05, 0) is 35.7 Å². The van der Waals surface area contributed by atoms with Crippen LogP contribution in [0.2, 0.25) is 5.02 Å². The molecule has 0 bridgehead atoms. The number of benzene rings is 2. The fraction of sp³-hybridized carbons (Fsp3) is 0.294. The SMILES string of the molecule is CC[C@@H](N)c1ccc(N(C)Cc2ccccc2Cl)cc1. The van der Waals surface area contributed by atoms with E-state index in [-0.39, 0.29) is 6.04 Å². The van der Waals surface area contributed by atoms with Crippen LogP contribution in [0.1, 0.15) is 30.5 Å². The number of nitrogens with zero attached hydrogens (tertiary/aromatic N) is 1. The fourth-order valence-electron chi connectivity index (χ4n) is 2.19. The first kappa shape index (κ1) is 14.9. The molecule has 0 heterocycles. The molecule has 106 valence electrons. The molecule has 2 nitrogen and oxygen atoms in total. The van der Waals surface area contributed by atoms with Crippen LogP contribution in [0.5, 0.6) is 0 Å². The minimum atomic E-state index is 0.123. The van der Waals surface area contributed by atoms with E-state index in [1.165, 1.54) is 5.56 Å². The lowest BCUT2D eigenvalue weighted by molar-refractivity contribution is 0.698. The maximum atomic E-state index is 6.20. The van der Waals surface area contributed by atoms with Gasteiger partial charge in [0, 0.05) is 30.3 Å². The van der Waals surface area contributed by atoms with Gasteiger partial charge in [0.2, 0.25) is 0 Å². The van der Waals surface area contributed by atoms with Gasteiger partial charge in [-0.2, -0.15) is 0 Å². The lowest BCUT2D eigenvalue weighted by Gasteiger charge is -2.21. The Morgan fingerprint density at radius 1 is 1.10 bits per heavy atom. The third-order valence-corrected chi connectivity index (χ3v) is 3.94. The molecule has 3 heteroatoms. The first-order valence-electron chi connectivity index (χ1n) is 6.92. The van der Waals surface area contributed by atoms with Crippen molar-refractivity contribution in [2.75, 3.05) is 11.9 Å². The summed E-state index contributed by atoms with van der Waals surface area (Å²) in [5.74, 6) is 0. The van der Waals surface area contributed by atoms with Gasteiger partial charge in [-0.3, -0.25) is 0 Å². The Hall–Kier alpha value is -1.51. The zero-order valence-electron chi connectivity index (χ0n) is 12.0. The van der Waals surface area contributed by atoms with Crippen molar-refractivity contribution in [2.45, 2.75) is 25.9 Å². The molecule has 0 unspecified atom stereocenters. The predicted molar refractivity (Wildman–Crippen MR) is 87.2 cm³/mol. The van der Waals surface area contributed by atoms with E-state index in [0.29, 0.717) is 0 Å². The molecule has 1 atom stereocenters. The van der Waals surface area contributed by atoms with Crippen LogP contribution in [0.15, 0.2) is 48.5 Å². The van der Waals surface area contributed by atoms with Crippen molar-refractivity contribution in [1.29, 1.82) is 0 Å². The Morgan fingerprint density at radius 2 is 1.75 bits per heavy atom. The molecule has 0 radical (unpaired) electrons. The molecule has 0 amide bonds. The molecule has 0 aliphatic rings. The fourth-order valence-corrected chi connectivity index (χ4v) is 2.38. The molecule has 0 saturated carbocycles. The monoisotopic (exact) mass is 288 g/mol. The third-order valence-electron chi connectivity index (χ3n) is 3.57. The van der Waals surface area contributed by atoms with E-state index in [9.17, 15) is 0 Å². The second-order valence-electron chi connectivity index (χ2n) is 5.05. The second kappa shape index (κ2) is 6.78. The van der Waals surface area contributed by atoms with Crippen molar-refractivity contribution < 1.29 is 0 Å². The first-order chi connectivity index (χ1) is 9.61. The van der Waals surface area contributed by atoms with Crippen molar-refractivity contribution in [2.24, 2.45) is 5.73 Å². The highest BCUT2D eigenvalue weighted by molar-refractivity contribution is 6.31. The summed E-state index contributed by atoms with van der Waals surface area (Å²) in [5, 5.41) is 0.809. The maximum absolute atomic E-state index is 6.20. The van der Waals surface area contributed by atoms with Gasteiger partial charge < -0.3 is 10.6 Å². The second-order valence-corrected chi connectivity index (χ2v) is 5.46. The quantitative estimate of drug-likeness (QED) is 0.884. The predicted octanol–water partition coefficient (Wildman–Crippen LogP) is 4.39. The summed E-state index contributed by atoms with van der Waals surface area (Å²) < 4.78 is 0. The summed E-state index contributed by atoms with van der Waals surface area (Å²) in [6, 6.07) is 16.5. The Bertz CT molecular complexity index is 551. The van der Waals surface area contributed by atoms with Gasteiger partial charge in [-0.1, -0.05) is 48.9 Å². The number of hydrogen-bond donors (Lipinski definition) is 1. The van der Waals surface area contributed by atoms with Crippen LogP contribution in [0.4, 0.5) is 5.69 Å². The van der Waals surface area contributed by atoms with Crippen LogP contribution in [-0.4, -0.2) is 7.05 Å². The zero-order chi connectivity index (χ0) is 14.5. The Balaban J connectivity index is 2.10. The van der Waals surface area contributed by atoms with Crippen molar-refractivity contribution in [3.63, 3.8) is 0 Å². The lowest BCUT2D eigenvalue weighted by atomic mass is 10.1. The Morgan fingerprint density at radius 3 is 2.35 bits per heavy atom. The van der Waals surface area contributed by atoms with Crippen molar-refractivity contribution in [3.05, 3.63) is 64.7 Å². The lowest BCUT2D eigenvalue weighted by Crippen LogP contribution is -2.17. The average Bonchev–Trinajstić information content (AvgIpc) is 2.49. The third kappa shape index (κ3) is 3.53. The summed E-state index contributed by atoms with van der Waals surface area (Å²) in [6.45, 7) is 2.89. The number of hydrogen-bond acceptors (Lipinski definition) is 2. The van der Waals surface area contributed by atoms with Crippen molar-refractivity contribution in [3.8, 4) is 0 Å². The average molecular weight is 289 g/mol. The molecule has 0 saturated heterocycles. The number of anilines is 1. The highest BCUT2D eigenvalue weighted by Gasteiger charge is 2.07. The van der Waals surface area contributed by atoms with E-state index in [4.69, 9.17) is 17.3 Å². The van der Waals surface area contributed by atoms with Gasteiger partial charge in [-0.25, -0.2) is 0 Å². The largest absolute Gasteiger partial charge is 0.370 e. The molecule has 0 fully saturated rings. The van der Waals surface area contributed by atoms with Crippen LogP contribution < -0.4 is 10.6 Å². The highest BCUT2D eigenvalue weighted by Crippen LogP contribution is 2.22. The van der Waals surface area contributed by atoms with Gasteiger partial charge in [0.25, 0.3) is 0 Å². The van der Waals surface area contributed by atoms with Gasteiger partial charge in [-0.15, -0.1) is 0 Å². The maximum Gasteiger partial charge on any atom is 0.0455 e. The minimum absolute atomic E-state index is 0.123. The molecule has 2 N–H and O–H groups in total. The van der Waals surface area contributed by atoms with Crippen LogP contribution in [0.3, 0.4) is 0 Å². The Kier molecular flexibility index (Phi) is 5.05. The topological polar surface area (TPSA) is 29.3 Å². The molecular formula is C17H21ClN2. The molecule has 0 aliphatic heterocycles. The molecule has 0 aromatic heterocycles. The van der Waals surface area contributed by atoms with E-state index in [2.05, 4.69) is 49.2 Å². The summed E-state index contributed by atoms with van der Waals surface area (Å²) in [5.41, 5.74) is 9.51. The molecule has 2 rings (SSSR count). The highest BCUT2D eigenvalue weighted by atomic mass is 35.5. The summed E-state index contributed by atoms with van der Waals surface area (Å²) in [7, 11) is 2.07. The number of nitrogens with two attached hydrogens (primary N) is 1. The normalized spacial score (nSPS) is 12.2. The minimum Gasteiger partial charge on any atom is -0.370 e. The first-order valence-corrected chi connectivity index (χ1v) is 7.29. The standard InChI is InChI=1S/C17H21ClN2/c1-3-17(19)13-8-10-15(11-9-13)20(2)12-14-6-4-5-7-16(14)18/h4-11,17H,3,12,19H2,1-2H3/t17-/m1/s1. The molecule has 20 heavy (non-hydrogen) atoms. The summed E-state index contributed by atoms with van der Waals surface area (Å²) >= 11 is 6.20. The van der Waals surface area contributed by atoms with E-state index in [0.717, 1.165) is 29.2 Å². The van der Waals surface area contributed by atoms with Crippen molar-refractivity contribution >= 4 is 17.3 Å². The molecular weight excluding hydrogens is 268 g/mol. The molecule has 0 aliphatic carbocycles. The van der Waals surface area contributed by atoms with E-state index >= 15 is 0 Å². The summed E-state index contributed by atoms with van der Waals surface area (Å²) in [6.07, 6.45) is 0.953. The van der Waals surface area contributed by atoms with Gasteiger partial charge in [0.05, 0.1) is 0 Å². The van der Waals surface area contributed by atoms with Gasteiger partial charge >= 0.3 is 0 Å². The number of halogens is 1.